The van der Waals surface area contributed by atoms with Crippen molar-refractivity contribution in [1.82, 2.24) is 9.55 Å². The summed E-state index contributed by atoms with van der Waals surface area (Å²) >= 11 is 0. The van der Waals surface area contributed by atoms with Crippen molar-refractivity contribution in [2.24, 2.45) is 0 Å². The zero-order valence-corrected chi connectivity index (χ0v) is 14.6. The van der Waals surface area contributed by atoms with Crippen LogP contribution in [0.15, 0.2) is 65.7 Å². The lowest BCUT2D eigenvalue weighted by atomic mass is 10.1. The number of anilines is 1. The first-order valence-electron chi connectivity index (χ1n) is 8.19. The molecule has 0 aliphatic carbocycles. The Labute approximate surface area is 151 Å². The van der Waals surface area contributed by atoms with Crippen LogP contribution in [0.25, 0.3) is 0 Å². The molecule has 0 aliphatic heterocycles. The average molecular weight is 349 g/mol. The van der Waals surface area contributed by atoms with Crippen molar-refractivity contribution < 1.29 is 9.53 Å². The molecule has 0 saturated heterocycles. The fourth-order valence-electron chi connectivity index (χ4n) is 2.44. The van der Waals surface area contributed by atoms with E-state index in [2.05, 4.69) is 10.3 Å². The van der Waals surface area contributed by atoms with Crippen LogP contribution in [0.1, 0.15) is 11.1 Å². The number of rotatable bonds is 5. The Hall–Kier alpha value is -3.41. The number of hydrogen-bond donors (Lipinski definition) is 1. The molecule has 6 heteroatoms. The highest BCUT2D eigenvalue weighted by molar-refractivity contribution is 5.91. The van der Waals surface area contributed by atoms with Gasteiger partial charge in [0.05, 0.1) is 0 Å². The van der Waals surface area contributed by atoms with Gasteiger partial charge in [0.1, 0.15) is 18.0 Å². The summed E-state index contributed by atoms with van der Waals surface area (Å²) in [4.78, 5) is 28.3. The minimum atomic E-state index is -0.336. The van der Waals surface area contributed by atoms with Gasteiger partial charge < -0.3 is 14.6 Å². The van der Waals surface area contributed by atoms with Gasteiger partial charge in [0.15, 0.2) is 0 Å². The fraction of sp³-hybridized carbons (Fsp3) is 0.150. The first-order valence-corrected chi connectivity index (χ1v) is 8.19. The second-order valence-corrected chi connectivity index (χ2v) is 5.87. The third-order valence-electron chi connectivity index (χ3n) is 4.02. The van der Waals surface area contributed by atoms with Gasteiger partial charge in [-0.05, 0) is 49.2 Å². The molecule has 1 N–H and O–H groups in total. The van der Waals surface area contributed by atoms with E-state index in [0.717, 1.165) is 11.1 Å². The van der Waals surface area contributed by atoms with Crippen molar-refractivity contribution >= 4 is 11.6 Å². The Morgan fingerprint density at radius 3 is 2.77 bits per heavy atom. The zero-order valence-electron chi connectivity index (χ0n) is 14.6. The number of pyridine rings is 2. The van der Waals surface area contributed by atoms with Gasteiger partial charge in [-0.3, -0.25) is 9.59 Å². The van der Waals surface area contributed by atoms with Crippen molar-refractivity contribution in [1.29, 1.82) is 0 Å². The third-order valence-corrected chi connectivity index (χ3v) is 4.02. The number of ether oxygens (including phenoxy) is 1. The van der Waals surface area contributed by atoms with Crippen LogP contribution in [-0.4, -0.2) is 15.5 Å². The quantitative estimate of drug-likeness (QED) is 0.767. The molecule has 3 aromatic rings. The maximum atomic E-state index is 12.3. The molecule has 0 saturated carbocycles. The third kappa shape index (κ3) is 3.97. The number of carbonyl (C=O) groups excluding carboxylic acids is 1. The Bertz CT molecular complexity index is 995. The number of aromatic nitrogens is 2. The molecule has 0 fully saturated rings. The molecule has 0 bridgehead atoms. The van der Waals surface area contributed by atoms with Gasteiger partial charge in [-0.2, -0.15) is 0 Å². The monoisotopic (exact) mass is 349 g/mol. The number of aryl methyl sites for hydroxylation is 1. The molecule has 6 nitrogen and oxygen atoms in total. The van der Waals surface area contributed by atoms with Crippen LogP contribution in [0.2, 0.25) is 0 Å². The molecule has 1 aromatic carbocycles. The molecule has 1 amide bonds. The van der Waals surface area contributed by atoms with Crippen molar-refractivity contribution in [3.8, 4) is 11.6 Å². The van der Waals surface area contributed by atoms with Crippen LogP contribution in [-0.2, 0) is 11.3 Å². The Morgan fingerprint density at radius 1 is 1.12 bits per heavy atom. The van der Waals surface area contributed by atoms with Gasteiger partial charge in [-0.25, -0.2) is 4.98 Å². The van der Waals surface area contributed by atoms with E-state index in [-0.39, 0.29) is 18.0 Å². The number of nitrogens with zero attached hydrogens (tertiary/aromatic N) is 2. The molecule has 2 aromatic heterocycles. The van der Waals surface area contributed by atoms with E-state index < -0.39 is 0 Å². The Balaban J connectivity index is 1.79. The Kier molecular flexibility index (Phi) is 5.12. The lowest BCUT2D eigenvalue weighted by molar-refractivity contribution is -0.116. The summed E-state index contributed by atoms with van der Waals surface area (Å²) in [6, 6.07) is 13.9. The van der Waals surface area contributed by atoms with Crippen LogP contribution in [0.3, 0.4) is 0 Å². The lowest BCUT2D eigenvalue weighted by Gasteiger charge is -2.13. The molecule has 0 unspecified atom stereocenters. The highest BCUT2D eigenvalue weighted by atomic mass is 16.5. The van der Waals surface area contributed by atoms with E-state index in [1.165, 1.54) is 10.6 Å². The maximum absolute atomic E-state index is 12.3. The highest BCUT2D eigenvalue weighted by Crippen LogP contribution is 2.30. The number of benzene rings is 1. The second-order valence-electron chi connectivity index (χ2n) is 5.87. The molecule has 26 heavy (non-hydrogen) atoms. The molecule has 0 aliphatic rings. The predicted molar refractivity (Wildman–Crippen MR) is 99.6 cm³/mol. The number of carbonyl (C=O) groups is 1. The van der Waals surface area contributed by atoms with Gasteiger partial charge in [0.2, 0.25) is 11.8 Å². The molecule has 132 valence electrons. The SMILES string of the molecule is Cc1cccc(Oc2ncccc2NC(=O)Cn2ccccc2=O)c1C. The van der Waals surface area contributed by atoms with Crippen LogP contribution >= 0.6 is 0 Å². The minimum absolute atomic E-state index is 0.0858. The van der Waals surface area contributed by atoms with E-state index in [1.54, 1.807) is 36.7 Å². The first kappa shape index (κ1) is 17.4. The first-order chi connectivity index (χ1) is 12.5. The van der Waals surface area contributed by atoms with Gasteiger partial charge in [0.25, 0.3) is 5.56 Å². The molecule has 0 spiro atoms. The number of hydrogen-bond acceptors (Lipinski definition) is 4. The fourth-order valence-corrected chi connectivity index (χ4v) is 2.44. The van der Waals surface area contributed by atoms with E-state index in [4.69, 9.17) is 4.74 Å². The summed E-state index contributed by atoms with van der Waals surface area (Å²) in [5, 5.41) is 2.75. The van der Waals surface area contributed by atoms with Crippen LogP contribution in [0, 0.1) is 13.8 Å². The Morgan fingerprint density at radius 2 is 1.96 bits per heavy atom. The van der Waals surface area contributed by atoms with Crippen molar-refractivity contribution in [2.75, 3.05) is 5.32 Å². The summed E-state index contributed by atoms with van der Waals surface area (Å²) in [5.41, 5.74) is 2.32. The maximum Gasteiger partial charge on any atom is 0.250 e. The lowest BCUT2D eigenvalue weighted by Crippen LogP contribution is -2.26. The summed E-state index contributed by atoms with van der Waals surface area (Å²) in [6.07, 6.45) is 3.16. The molecule has 0 atom stereocenters. The molecule has 2 heterocycles. The topological polar surface area (TPSA) is 73.2 Å². The highest BCUT2D eigenvalue weighted by Gasteiger charge is 2.12. The standard InChI is InChI=1S/C20H19N3O3/c1-14-7-5-9-17(15(14)2)26-20-16(8-6-11-21-20)22-18(24)13-23-12-4-3-10-19(23)25/h3-12H,13H2,1-2H3,(H,22,24). The van der Waals surface area contributed by atoms with Crippen LogP contribution in [0.5, 0.6) is 11.6 Å². The zero-order chi connectivity index (χ0) is 18.5. The van der Waals surface area contributed by atoms with E-state index in [0.29, 0.717) is 17.3 Å². The number of nitrogens with one attached hydrogen (secondary N) is 1. The van der Waals surface area contributed by atoms with Crippen molar-refractivity contribution in [2.45, 2.75) is 20.4 Å². The summed E-state index contributed by atoms with van der Waals surface area (Å²) < 4.78 is 7.23. The van der Waals surface area contributed by atoms with Gasteiger partial charge >= 0.3 is 0 Å². The predicted octanol–water partition coefficient (Wildman–Crippen LogP) is 3.29. The van der Waals surface area contributed by atoms with Gasteiger partial charge in [-0.15, -0.1) is 0 Å². The largest absolute Gasteiger partial charge is 0.437 e. The van der Waals surface area contributed by atoms with Gasteiger partial charge in [-0.1, -0.05) is 18.2 Å². The molecule has 0 radical (unpaired) electrons. The summed E-state index contributed by atoms with van der Waals surface area (Å²) in [7, 11) is 0. The van der Waals surface area contributed by atoms with E-state index in [9.17, 15) is 9.59 Å². The molecular formula is C20H19N3O3. The number of amides is 1. The normalized spacial score (nSPS) is 10.4. The molecule has 3 rings (SSSR count). The summed E-state index contributed by atoms with van der Waals surface area (Å²) in [6.45, 7) is 3.88. The van der Waals surface area contributed by atoms with Crippen molar-refractivity contribution in [3.63, 3.8) is 0 Å². The summed E-state index contributed by atoms with van der Waals surface area (Å²) in [5.74, 6) is 0.644. The van der Waals surface area contributed by atoms with Crippen LogP contribution < -0.4 is 15.6 Å². The van der Waals surface area contributed by atoms with Gasteiger partial charge in [0, 0.05) is 18.5 Å². The average Bonchev–Trinajstić information content (AvgIpc) is 2.62. The van der Waals surface area contributed by atoms with Crippen molar-refractivity contribution in [3.05, 3.63) is 82.4 Å². The molecular weight excluding hydrogens is 330 g/mol. The van der Waals surface area contributed by atoms with Crippen LogP contribution in [0.4, 0.5) is 5.69 Å². The second kappa shape index (κ2) is 7.65. The minimum Gasteiger partial charge on any atom is -0.437 e. The van der Waals surface area contributed by atoms with E-state index >= 15 is 0 Å². The van der Waals surface area contributed by atoms with E-state index in [1.807, 2.05) is 32.0 Å². The smallest absolute Gasteiger partial charge is 0.250 e.